The minimum Gasteiger partial charge on any atom is -0.466 e. The molecule has 3 N–H and O–H groups in total. The van der Waals surface area contributed by atoms with Crippen molar-refractivity contribution < 1.29 is 24.5 Å². The van der Waals surface area contributed by atoms with Gasteiger partial charge in [-0.15, -0.1) is 0 Å². The molecule has 0 heterocycles. The van der Waals surface area contributed by atoms with Crippen LogP contribution in [0.15, 0.2) is 12.2 Å². The molecular weight excluding hydrogens is 899 g/mol. The quantitative estimate of drug-likeness (QED) is 0.0320. The van der Waals surface area contributed by atoms with Crippen molar-refractivity contribution in [2.45, 2.75) is 392 Å². The maximum atomic E-state index is 12.5. The molecule has 0 aliphatic rings. The lowest BCUT2D eigenvalue weighted by molar-refractivity contribution is -0.143. The third-order valence-corrected chi connectivity index (χ3v) is 15.8. The first-order chi connectivity index (χ1) is 36.0. The molecule has 2 atom stereocenters. The number of rotatable bonds is 63. The van der Waals surface area contributed by atoms with Gasteiger partial charge in [-0.05, 0) is 51.4 Å². The van der Waals surface area contributed by atoms with Crippen molar-refractivity contribution in [2.24, 2.45) is 0 Å². The van der Waals surface area contributed by atoms with Crippen molar-refractivity contribution in [1.29, 1.82) is 0 Å². The molecule has 0 aromatic rings. The highest BCUT2D eigenvalue weighted by atomic mass is 16.5. The van der Waals surface area contributed by atoms with Gasteiger partial charge in [-0.3, -0.25) is 9.59 Å². The molecule has 0 fully saturated rings. The van der Waals surface area contributed by atoms with E-state index in [9.17, 15) is 19.8 Å². The van der Waals surface area contributed by atoms with Gasteiger partial charge in [0.1, 0.15) is 0 Å². The van der Waals surface area contributed by atoms with Crippen molar-refractivity contribution in [3.05, 3.63) is 12.2 Å². The molecule has 0 rings (SSSR count). The molecule has 0 aromatic heterocycles. The Hall–Kier alpha value is -1.40. The summed E-state index contributed by atoms with van der Waals surface area (Å²) in [6, 6.07) is -0.544. The predicted octanol–water partition coefficient (Wildman–Crippen LogP) is 21.2. The fourth-order valence-electron chi connectivity index (χ4n) is 10.7. The van der Waals surface area contributed by atoms with Gasteiger partial charge in [0.15, 0.2) is 0 Å². The third kappa shape index (κ3) is 59.7. The van der Waals surface area contributed by atoms with Crippen LogP contribution in [0.1, 0.15) is 380 Å². The van der Waals surface area contributed by atoms with E-state index in [4.69, 9.17) is 4.74 Å². The molecule has 0 radical (unpaired) electrons. The van der Waals surface area contributed by atoms with E-state index in [1.165, 1.54) is 308 Å². The monoisotopic (exact) mass is 1030 g/mol. The highest BCUT2D eigenvalue weighted by Crippen LogP contribution is 2.19. The van der Waals surface area contributed by atoms with Crippen LogP contribution in [-0.2, 0) is 14.3 Å². The van der Waals surface area contributed by atoms with E-state index in [1.807, 2.05) is 0 Å². The fourth-order valence-corrected chi connectivity index (χ4v) is 10.7. The Bertz CT molecular complexity index is 1100. The zero-order chi connectivity index (χ0) is 52.9. The summed E-state index contributed by atoms with van der Waals surface area (Å²) in [6.07, 6.45) is 76.7. The minimum absolute atomic E-state index is 0.0164. The lowest BCUT2D eigenvalue weighted by atomic mass is 10.0. The molecule has 1 amide bonds. The van der Waals surface area contributed by atoms with E-state index in [0.29, 0.717) is 25.9 Å². The number of hydrogen-bond acceptors (Lipinski definition) is 5. The molecule has 0 aromatic carbocycles. The van der Waals surface area contributed by atoms with Crippen LogP contribution in [0.5, 0.6) is 0 Å². The van der Waals surface area contributed by atoms with Gasteiger partial charge in [-0.25, -0.2) is 0 Å². The standard InChI is InChI=1S/C67H131NO5/c1-3-5-7-9-11-13-15-17-19-28-32-35-39-43-47-51-55-59-65(70)64(63-69)68-66(71)60-56-52-48-44-40-36-33-29-26-24-22-20-21-23-25-27-30-34-38-42-46-50-54-58-62-73-67(72)61-57-53-49-45-41-37-31-18-16-14-12-10-8-6-4-2/h22,24,64-65,69-70H,3-21,23,25-63H2,1-2H3,(H,68,71)/b24-22-. The highest BCUT2D eigenvalue weighted by Gasteiger charge is 2.20. The summed E-state index contributed by atoms with van der Waals surface area (Å²) in [7, 11) is 0. The smallest absolute Gasteiger partial charge is 0.305 e. The number of amides is 1. The maximum Gasteiger partial charge on any atom is 0.305 e. The Morgan fingerprint density at radius 2 is 0.644 bits per heavy atom. The average molecular weight is 1030 g/mol. The number of aliphatic hydroxyl groups excluding tert-OH is 2. The van der Waals surface area contributed by atoms with Crippen LogP contribution in [0.4, 0.5) is 0 Å². The summed E-state index contributed by atoms with van der Waals surface area (Å²) in [5.41, 5.74) is 0. The van der Waals surface area contributed by atoms with Crippen LogP contribution < -0.4 is 5.32 Å². The number of esters is 1. The van der Waals surface area contributed by atoms with Crippen LogP contribution in [0.3, 0.4) is 0 Å². The summed E-state index contributed by atoms with van der Waals surface area (Å²) < 4.78 is 5.49. The summed E-state index contributed by atoms with van der Waals surface area (Å²) >= 11 is 0. The van der Waals surface area contributed by atoms with Crippen LogP contribution >= 0.6 is 0 Å². The van der Waals surface area contributed by atoms with Crippen LogP contribution in [-0.4, -0.2) is 47.4 Å². The third-order valence-electron chi connectivity index (χ3n) is 15.8. The highest BCUT2D eigenvalue weighted by molar-refractivity contribution is 5.76. The molecule has 6 nitrogen and oxygen atoms in total. The van der Waals surface area contributed by atoms with Crippen molar-refractivity contribution in [3.8, 4) is 0 Å². The Kier molecular flexibility index (Phi) is 61.9. The summed E-state index contributed by atoms with van der Waals surface area (Å²) in [5, 5.41) is 23.3. The first-order valence-corrected chi connectivity index (χ1v) is 33.4. The number of ether oxygens (including phenoxy) is 1. The van der Waals surface area contributed by atoms with Crippen LogP contribution in [0.2, 0.25) is 0 Å². The van der Waals surface area contributed by atoms with Crippen LogP contribution in [0, 0.1) is 0 Å². The number of carbonyl (C=O) groups excluding carboxylic acids is 2. The summed E-state index contributed by atoms with van der Waals surface area (Å²) in [5.74, 6) is -0.0196. The molecular formula is C67H131NO5. The summed E-state index contributed by atoms with van der Waals surface area (Å²) in [4.78, 5) is 24.6. The van der Waals surface area contributed by atoms with Gasteiger partial charge in [0.2, 0.25) is 5.91 Å². The first-order valence-electron chi connectivity index (χ1n) is 33.4. The van der Waals surface area contributed by atoms with E-state index < -0.39 is 12.1 Å². The number of nitrogens with one attached hydrogen (secondary N) is 1. The van der Waals surface area contributed by atoms with Crippen molar-refractivity contribution in [2.75, 3.05) is 13.2 Å². The van der Waals surface area contributed by atoms with Gasteiger partial charge in [0.05, 0.1) is 25.4 Å². The summed E-state index contributed by atoms with van der Waals surface area (Å²) in [6.45, 7) is 4.99. The molecule has 434 valence electrons. The zero-order valence-corrected chi connectivity index (χ0v) is 49.6. The van der Waals surface area contributed by atoms with Crippen molar-refractivity contribution in [3.63, 3.8) is 0 Å². The number of allylic oxidation sites excluding steroid dienone is 2. The van der Waals surface area contributed by atoms with Gasteiger partial charge >= 0.3 is 5.97 Å². The van der Waals surface area contributed by atoms with E-state index in [-0.39, 0.29) is 18.5 Å². The lowest BCUT2D eigenvalue weighted by Gasteiger charge is -2.22. The fraction of sp³-hybridized carbons (Fsp3) is 0.940. The Balaban J connectivity index is 3.38. The molecule has 0 aliphatic heterocycles. The van der Waals surface area contributed by atoms with E-state index in [1.54, 1.807) is 0 Å². The lowest BCUT2D eigenvalue weighted by Crippen LogP contribution is -2.45. The molecule has 0 aliphatic carbocycles. The molecule has 0 saturated carbocycles. The maximum absolute atomic E-state index is 12.5. The molecule has 0 spiro atoms. The molecule has 2 unspecified atom stereocenters. The number of hydrogen-bond donors (Lipinski definition) is 3. The minimum atomic E-state index is -0.667. The van der Waals surface area contributed by atoms with E-state index in [2.05, 4.69) is 31.3 Å². The number of unbranched alkanes of at least 4 members (excludes halogenated alkanes) is 50. The number of carbonyl (C=O) groups is 2. The largest absolute Gasteiger partial charge is 0.466 e. The van der Waals surface area contributed by atoms with E-state index in [0.717, 1.165) is 38.5 Å². The molecule has 0 bridgehead atoms. The molecule has 6 heteroatoms. The second kappa shape index (κ2) is 63.1. The van der Waals surface area contributed by atoms with Gasteiger partial charge < -0.3 is 20.3 Å². The predicted molar refractivity (Wildman–Crippen MR) is 320 cm³/mol. The van der Waals surface area contributed by atoms with Gasteiger partial charge in [0, 0.05) is 12.8 Å². The van der Waals surface area contributed by atoms with Gasteiger partial charge in [0.25, 0.3) is 0 Å². The van der Waals surface area contributed by atoms with E-state index >= 15 is 0 Å². The van der Waals surface area contributed by atoms with Crippen molar-refractivity contribution in [1.82, 2.24) is 5.32 Å². The SMILES string of the molecule is CCCCCCCCCCCCCCCCCCCC(O)C(CO)NC(=O)CCCCCCCCCC/C=C\CCCCCCCCCCCCCCOC(=O)CCCCCCCCCCCCCCCCC. The average Bonchev–Trinajstić information content (AvgIpc) is 3.39. The van der Waals surface area contributed by atoms with Crippen LogP contribution in [0.25, 0.3) is 0 Å². The molecule has 73 heavy (non-hydrogen) atoms. The second-order valence-corrected chi connectivity index (χ2v) is 23.2. The Morgan fingerprint density at radius 3 is 0.973 bits per heavy atom. The Labute approximate surface area is 457 Å². The normalized spacial score (nSPS) is 12.5. The first kappa shape index (κ1) is 71.6. The Morgan fingerprint density at radius 1 is 0.370 bits per heavy atom. The van der Waals surface area contributed by atoms with Crippen molar-refractivity contribution >= 4 is 11.9 Å². The topological polar surface area (TPSA) is 95.9 Å². The number of aliphatic hydroxyl groups is 2. The van der Waals surface area contributed by atoms with Gasteiger partial charge in [-0.1, -0.05) is 328 Å². The second-order valence-electron chi connectivity index (χ2n) is 23.2. The molecule has 0 saturated heterocycles. The zero-order valence-electron chi connectivity index (χ0n) is 49.6. The van der Waals surface area contributed by atoms with Gasteiger partial charge in [-0.2, -0.15) is 0 Å².